The minimum atomic E-state index is -0.607. The van der Waals surface area contributed by atoms with Crippen LogP contribution in [-0.2, 0) is 18.4 Å². The molecule has 0 N–H and O–H groups in total. The lowest BCUT2D eigenvalue weighted by Crippen LogP contribution is -2.29. The summed E-state index contributed by atoms with van der Waals surface area (Å²) in [5.74, 6) is -0.808. The standard InChI is InChI=1S/C11H8ClN5O2/c1-16-14-9(13-15-16)5-17-8-3-2-6(12)4-7(8)10(18)11(17)19/h2-4H,5H2,1H3. The van der Waals surface area contributed by atoms with E-state index in [0.717, 1.165) is 0 Å². The molecule has 0 aliphatic carbocycles. The Kier molecular flexibility index (Phi) is 2.56. The topological polar surface area (TPSA) is 81.0 Å². The van der Waals surface area contributed by atoms with Gasteiger partial charge in [-0.05, 0) is 23.4 Å². The Hall–Kier alpha value is -2.28. The smallest absolute Gasteiger partial charge is 0.297 e. The zero-order valence-corrected chi connectivity index (χ0v) is 10.6. The maximum Gasteiger partial charge on any atom is 0.299 e. The largest absolute Gasteiger partial charge is 0.299 e. The van der Waals surface area contributed by atoms with Crippen LogP contribution in [-0.4, -0.2) is 31.9 Å². The number of amides is 1. The van der Waals surface area contributed by atoms with Crippen LogP contribution in [0.2, 0.25) is 5.02 Å². The number of ketones is 1. The maximum absolute atomic E-state index is 11.9. The second kappa shape index (κ2) is 4.13. The van der Waals surface area contributed by atoms with Crippen LogP contribution < -0.4 is 4.90 Å². The van der Waals surface area contributed by atoms with E-state index in [1.165, 1.54) is 15.8 Å². The SMILES string of the molecule is Cn1nnc(CN2C(=O)C(=O)c3cc(Cl)ccc32)n1. The highest BCUT2D eigenvalue weighted by atomic mass is 35.5. The van der Waals surface area contributed by atoms with Crippen molar-refractivity contribution in [3.05, 3.63) is 34.6 Å². The number of carbonyl (C=O) groups excluding carboxylic acids is 2. The van der Waals surface area contributed by atoms with Crippen molar-refractivity contribution in [3.8, 4) is 0 Å². The molecule has 19 heavy (non-hydrogen) atoms. The minimum Gasteiger partial charge on any atom is -0.297 e. The molecule has 2 heterocycles. The monoisotopic (exact) mass is 277 g/mol. The second-order valence-electron chi connectivity index (χ2n) is 4.08. The summed E-state index contributed by atoms with van der Waals surface area (Å²) >= 11 is 5.83. The number of tetrazole rings is 1. The van der Waals surface area contributed by atoms with Crippen molar-refractivity contribution >= 4 is 29.0 Å². The van der Waals surface area contributed by atoms with Crippen LogP contribution in [0.25, 0.3) is 0 Å². The van der Waals surface area contributed by atoms with Gasteiger partial charge in [0.2, 0.25) is 0 Å². The second-order valence-corrected chi connectivity index (χ2v) is 4.51. The molecule has 2 aromatic rings. The maximum atomic E-state index is 11.9. The number of nitrogens with zero attached hydrogens (tertiary/aromatic N) is 5. The zero-order chi connectivity index (χ0) is 13.6. The number of hydrogen-bond acceptors (Lipinski definition) is 5. The average molecular weight is 278 g/mol. The summed E-state index contributed by atoms with van der Waals surface area (Å²) in [6.45, 7) is 0.104. The van der Waals surface area contributed by atoms with E-state index in [0.29, 0.717) is 22.1 Å². The van der Waals surface area contributed by atoms with Crippen molar-refractivity contribution < 1.29 is 9.59 Å². The van der Waals surface area contributed by atoms with E-state index in [1.807, 2.05) is 0 Å². The van der Waals surface area contributed by atoms with Crippen molar-refractivity contribution in [3.63, 3.8) is 0 Å². The van der Waals surface area contributed by atoms with Gasteiger partial charge in [0.25, 0.3) is 11.7 Å². The fraction of sp³-hybridized carbons (Fsp3) is 0.182. The molecule has 0 spiro atoms. The van der Waals surface area contributed by atoms with Gasteiger partial charge in [0.05, 0.1) is 24.8 Å². The first-order valence-electron chi connectivity index (χ1n) is 5.45. The first-order valence-corrected chi connectivity index (χ1v) is 5.82. The van der Waals surface area contributed by atoms with Crippen LogP contribution in [0.3, 0.4) is 0 Å². The number of aryl methyl sites for hydroxylation is 1. The number of Topliss-reactive ketones (excluding diaryl/α,β-unsaturated/α-hetero) is 1. The summed E-state index contributed by atoms with van der Waals surface area (Å²) < 4.78 is 0. The summed E-state index contributed by atoms with van der Waals surface area (Å²) in [7, 11) is 1.63. The third-order valence-corrected chi connectivity index (χ3v) is 3.02. The molecule has 0 bridgehead atoms. The summed E-state index contributed by atoms with van der Waals surface area (Å²) in [6.07, 6.45) is 0. The molecule has 1 aliphatic heterocycles. The predicted octanol–water partition coefficient (Wildman–Crippen LogP) is 0.593. The third-order valence-electron chi connectivity index (χ3n) is 2.78. The van der Waals surface area contributed by atoms with Gasteiger partial charge in [-0.2, -0.15) is 4.80 Å². The van der Waals surface area contributed by atoms with E-state index in [1.54, 1.807) is 19.2 Å². The first-order chi connectivity index (χ1) is 9.06. The normalized spacial score (nSPS) is 14.1. The van der Waals surface area contributed by atoms with Crippen molar-refractivity contribution in [2.24, 2.45) is 7.05 Å². The van der Waals surface area contributed by atoms with Gasteiger partial charge >= 0.3 is 0 Å². The Morgan fingerprint density at radius 2 is 2.11 bits per heavy atom. The zero-order valence-electron chi connectivity index (χ0n) is 9.87. The number of aromatic nitrogens is 4. The van der Waals surface area contributed by atoms with Crippen LogP contribution in [0.4, 0.5) is 5.69 Å². The minimum absolute atomic E-state index is 0.104. The lowest BCUT2D eigenvalue weighted by Gasteiger charge is -2.13. The van der Waals surface area contributed by atoms with Gasteiger partial charge < -0.3 is 0 Å². The lowest BCUT2D eigenvalue weighted by molar-refractivity contribution is -0.114. The van der Waals surface area contributed by atoms with E-state index in [-0.39, 0.29) is 6.54 Å². The quantitative estimate of drug-likeness (QED) is 0.751. The molecular weight excluding hydrogens is 270 g/mol. The highest BCUT2D eigenvalue weighted by molar-refractivity contribution is 6.52. The number of fused-ring (bicyclic) bond motifs is 1. The molecular formula is C11H8ClN5O2. The predicted molar refractivity (Wildman–Crippen MR) is 65.8 cm³/mol. The molecule has 1 aliphatic rings. The Bertz CT molecular complexity index is 696. The molecule has 1 aromatic heterocycles. The summed E-state index contributed by atoms with van der Waals surface area (Å²) in [4.78, 5) is 26.4. The van der Waals surface area contributed by atoms with Gasteiger partial charge in [0.15, 0.2) is 5.82 Å². The van der Waals surface area contributed by atoms with Crippen molar-refractivity contribution in [1.82, 2.24) is 20.2 Å². The number of anilines is 1. The molecule has 3 rings (SSSR count). The van der Waals surface area contributed by atoms with E-state index in [9.17, 15) is 9.59 Å². The van der Waals surface area contributed by atoms with Crippen molar-refractivity contribution in [1.29, 1.82) is 0 Å². The van der Waals surface area contributed by atoms with Crippen molar-refractivity contribution in [2.75, 3.05) is 4.90 Å². The van der Waals surface area contributed by atoms with Gasteiger partial charge in [0, 0.05) is 5.02 Å². The highest BCUT2D eigenvalue weighted by Gasteiger charge is 2.36. The summed E-state index contributed by atoms with van der Waals surface area (Å²) in [5.41, 5.74) is 0.827. The number of rotatable bonds is 2. The van der Waals surface area contributed by atoms with Gasteiger partial charge in [-0.1, -0.05) is 11.6 Å². The number of halogens is 1. The number of carbonyl (C=O) groups is 2. The summed E-state index contributed by atoms with van der Waals surface area (Å²) in [5, 5.41) is 11.9. The van der Waals surface area contributed by atoms with Gasteiger partial charge in [-0.25, -0.2) is 0 Å². The van der Waals surface area contributed by atoms with E-state index in [4.69, 9.17) is 11.6 Å². The molecule has 0 saturated carbocycles. The lowest BCUT2D eigenvalue weighted by atomic mass is 10.1. The molecule has 0 saturated heterocycles. The molecule has 96 valence electrons. The molecule has 1 amide bonds. The van der Waals surface area contributed by atoms with Crippen LogP contribution in [0.15, 0.2) is 18.2 Å². The molecule has 0 radical (unpaired) electrons. The fourth-order valence-electron chi connectivity index (χ4n) is 1.96. The molecule has 0 atom stereocenters. The summed E-state index contributed by atoms with van der Waals surface area (Å²) in [6, 6.07) is 4.75. The molecule has 8 heteroatoms. The third kappa shape index (κ3) is 1.88. The molecule has 1 aromatic carbocycles. The number of benzene rings is 1. The fourth-order valence-corrected chi connectivity index (χ4v) is 2.13. The Labute approximate surface area is 112 Å². The van der Waals surface area contributed by atoms with E-state index < -0.39 is 11.7 Å². The van der Waals surface area contributed by atoms with E-state index >= 15 is 0 Å². The van der Waals surface area contributed by atoms with Gasteiger partial charge in [-0.15, -0.1) is 10.2 Å². The Morgan fingerprint density at radius 1 is 1.32 bits per heavy atom. The average Bonchev–Trinajstić information content (AvgIpc) is 2.88. The molecule has 0 unspecified atom stereocenters. The number of hydrogen-bond donors (Lipinski definition) is 0. The highest BCUT2D eigenvalue weighted by Crippen LogP contribution is 2.31. The van der Waals surface area contributed by atoms with Crippen LogP contribution in [0, 0.1) is 0 Å². The first kappa shape index (κ1) is 11.8. The Balaban J connectivity index is 1.99. The van der Waals surface area contributed by atoms with Crippen molar-refractivity contribution in [2.45, 2.75) is 6.54 Å². The van der Waals surface area contributed by atoms with Crippen LogP contribution >= 0.6 is 11.6 Å². The van der Waals surface area contributed by atoms with Crippen LogP contribution in [0.1, 0.15) is 16.2 Å². The molecule has 7 nitrogen and oxygen atoms in total. The van der Waals surface area contributed by atoms with Crippen LogP contribution in [0.5, 0.6) is 0 Å². The van der Waals surface area contributed by atoms with E-state index in [2.05, 4.69) is 15.4 Å². The Morgan fingerprint density at radius 3 is 2.79 bits per heavy atom. The molecule has 0 fully saturated rings. The van der Waals surface area contributed by atoms with Gasteiger partial charge in [-0.3, -0.25) is 14.5 Å². The van der Waals surface area contributed by atoms with Gasteiger partial charge in [0.1, 0.15) is 0 Å².